The van der Waals surface area contributed by atoms with E-state index in [1.165, 1.54) is 0 Å². The highest BCUT2D eigenvalue weighted by atomic mass is 16.2. The Morgan fingerprint density at radius 3 is 2.54 bits per heavy atom. The summed E-state index contributed by atoms with van der Waals surface area (Å²) in [6.45, 7) is 5.70. The van der Waals surface area contributed by atoms with Gasteiger partial charge in [0.05, 0.1) is 13.1 Å². The summed E-state index contributed by atoms with van der Waals surface area (Å²) in [5.41, 5.74) is 6.80. The Morgan fingerprint density at radius 2 is 1.86 bits per heavy atom. The zero-order chi connectivity index (χ0) is 20.2. The summed E-state index contributed by atoms with van der Waals surface area (Å²) in [6.07, 6.45) is 1.30. The molecule has 0 unspecified atom stereocenters. The quantitative estimate of drug-likeness (QED) is 0.281. The molecule has 2 rings (SSSR count). The lowest BCUT2D eigenvalue weighted by Crippen LogP contribution is -2.52. The third-order valence-electron chi connectivity index (χ3n) is 4.56. The van der Waals surface area contributed by atoms with Gasteiger partial charge in [-0.3, -0.25) is 19.3 Å². The second-order valence-corrected chi connectivity index (χ2v) is 6.38. The van der Waals surface area contributed by atoms with Gasteiger partial charge < -0.3 is 21.3 Å². The molecule has 150 valence electrons. The van der Waals surface area contributed by atoms with Crippen molar-refractivity contribution in [2.45, 2.75) is 0 Å². The zero-order valence-corrected chi connectivity index (χ0v) is 15.9. The van der Waals surface area contributed by atoms with Gasteiger partial charge in [-0.1, -0.05) is 24.0 Å². The van der Waals surface area contributed by atoms with Gasteiger partial charge in [0.1, 0.15) is 0 Å². The summed E-state index contributed by atoms with van der Waals surface area (Å²) in [7, 11) is 0. The summed E-state index contributed by atoms with van der Waals surface area (Å²) < 4.78 is 0. The van der Waals surface area contributed by atoms with Crippen molar-refractivity contribution in [1.29, 1.82) is 0 Å². The van der Waals surface area contributed by atoms with Crippen LogP contribution in [0.2, 0.25) is 0 Å². The summed E-state index contributed by atoms with van der Waals surface area (Å²) in [5.74, 6) is 5.94. The maximum absolute atomic E-state index is 12.1. The van der Waals surface area contributed by atoms with Gasteiger partial charge in [-0.2, -0.15) is 0 Å². The number of piperazine rings is 1. The molecule has 1 aliphatic rings. The van der Waals surface area contributed by atoms with Crippen LogP contribution in [0.15, 0.2) is 18.2 Å². The lowest BCUT2D eigenvalue weighted by atomic mass is 10.0. The first-order valence-electron chi connectivity index (χ1n) is 9.33. The van der Waals surface area contributed by atoms with Crippen molar-refractivity contribution >= 4 is 18.5 Å². The van der Waals surface area contributed by atoms with Crippen LogP contribution in [0.1, 0.15) is 26.3 Å². The molecule has 1 saturated heterocycles. The number of amides is 1. The number of benzene rings is 1. The highest BCUT2D eigenvalue weighted by Crippen LogP contribution is 2.09. The average Bonchev–Trinajstić information content (AvgIpc) is 2.75. The molecule has 0 aromatic heterocycles. The molecule has 0 saturated carbocycles. The molecular formula is C20H27N5O3. The fourth-order valence-electron chi connectivity index (χ4n) is 2.88. The van der Waals surface area contributed by atoms with Crippen LogP contribution < -0.4 is 16.4 Å². The smallest absolute Gasteiger partial charge is 0.236 e. The van der Waals surface area contributed by atoms with E-state index in [0.717, 1.165) is 26.2 Å². The Hall–Kier alpha value is -2.57. The third kappa shape index (κ3) is 6.55. The van der Waals surface area contributed by atoms with Crippen molar-refractivity contribution in [3.8, 4) is 11.8 Å². The molecule has 0 atom stereocenters. The van der Waals surface area contributed by atoms with Gasteiger partial charge >= 0.3 is 0 Å². The lowest BCUT2D eigenvalue weighted by Gasteiger charge is -2.33. The van der Waals surface area contributed by atoms with E-state index in [0.29, 0.717) is 62.1 Å². The number of hydrogen-bond acceptors (Lipinski definition) is 7. The van der Waals surface area contributed by atoms with Crippen molar-refractivity contribution in [2.75, 3.05) is 59.0 Å². The van der Waals surface area contributed by atoms with Crippen LogP contribution in [0.5, 0.6) is 0 Å². The SMILES string of the molecule is NCN1CCN(C(=O)CNCCNCC#Cc2cccc(C=O)c2C=O)CC1. The first kappa shape index (κ1) is 21.7. The average molecular weight is 385 g/mol. The van der Waals surface area contributed by atoms with E-state index < -0.39 is 0 Å². The number of carbonyl (C=O) groups is 3. The Kier molecular flexibility index (Phi) is 9.31. The molecular weight excluding hydrogens is 358 g/mol. The molecule has 0 radical (unpaired) electrons. The fraction of sp³-hybridized carbons (Fsp3) is 0.450. The summed E-state index contributed by atoms with van der Waals surface area (Å²) in [6, 6.07) is 5.00. The monoisotopic (exact) mass is 385 g/mol. The van der Waals surface area contributed by atoms with Gasteiger partial charge in [-0.15, -0.1) is 0 Å². The first-order chi connectivity index (χ1) is 13.7. The summed E-state index contributed by atoms with van der Waals surface area (Å²) in [5, 5.41) is 6.27. The Labute approximate surface area is 165 Å². The second kappa shape index (κ2) is 12.0. The van der Waals surface area contributed by atoms with E-state index in [4.69, 9.17) is 5.73 Å². The zero-order valence-electron chi connectivity index (χ0n) is 15.9. The lowest BCUT2D eigenvalue weighted by molar-refractivity contribution is -0.131. The Morgan fingerprint density at radius 1 is 1.11 bits per heavy atom. The van der Waals surface area contributed by atoms with Crippen LogP contribution in [-0.4, -0.2) is 87.3 Å². The van der Waals surface area contributed by atoms with E-state index in [-0.39, 0.29) is 5.91 Å². The highest BCUT2D eigenvalue weighted by Gasteiger charge is 2.19. The number of hydrogen-bond donors (Lipinski definition) is 3. The molecule has 1 aromatic rings. The Bertz CT molecular complexity index is 733. The van der Waals surface area contributed by atoms with E-state index >= 15 is 0 Å². The van der Waals surface area contributed by atoms with Crippen LogP contribution in [0.4, 0.5) is 0 Å². The molecule has 8 nitrogen and oxygen atoms in total. The van der Waals surface area contributed by atoms with Crippen LogP contribution in [-0.2, 0) is 4.79 Å². The normalized spacial score (nSPS) is 14.2. The van der Waals surface area contributed by atoms with E-state index in [9.17, 15) is 14.4 Å². The molecule has 1 heterocycles. The van der Waals surface area contributed by atoms with Crippen LogP contribution in [0.25, 0.3) is 0 Å². The molecule has 1 fully saturated rings. The molecule has 0 aliphatic carbocycles. The van der Waals surface area contributed by atoms with E-state index in [2.05, 4.69) is 27.4 Å². The summed E-state index contributed by atoms with van der Waals surface area (Å²) >= 11 is 0. The number of rotatable bonds is 9. The number of carbonyl (C=O) groups excluding carboxylic acids is 3. The molecule has 1 aliphatic heterocycles. The van der Waals surface area contributed by atoms with Gasteiger partial charge in [-0.05, 0) is 6.07 Å². The van der Waals surface area contributed by atoms with Crippen LogP contribution in [0.3, 0.4) is 0 Å². The standard InChI is InChI=1S/C20H27N5O3/c21-16-24-9-11-25(12-10-24)20(28)13-23-8-7-22-6-2-5-17-3-1-4-18(14-26)19(17)15-27/h1,3-4,14-15,22-23H,6-13,16,21H2. The minimum atomic E-state index is 0.105. The largest absolute Gasteiger partial charge is 0.339 e. The molecule has 1 amide bonds. The van der Waals surface area contributed by atoms with Crippen molar-refractivity contribution in [3.05, 3.63) is 34.9 Å². The van der Waals surface area contributed by atoms with E-state index in [1.54, 1.807) is 18.2 Å². The van der Waals surface area contributed by atoms with Gasteiger partial charge in [0.15, 0.2) is 12.6 Å². The number of aldehydes is 2. The maximum Gasteiger partial charge on any atom is 0.236 e. The topological polar surface area (TPSA) is 108 Å². The highest BCUT2D eigenvalue weighted by molar-refractivity contribution is 5.92. The molecule has 28 heavy (non-hydrogen) atoms. The van der Waals surface area contributed by atoms with Gasteiger partial charge in [0.2, 0.25) is 5.91 Å². The predicted octanol–water partition coefficient (Wildman–Crippen LogP) is -1.10. The summed E-state index contributed by atoms with van der Waals surface area (Å²) in [4.78, 5) is 38.2. The number of nitrogens with one attached hydrogen (secondary N) is 2. The molecule has 1 aromatic carbocycles. The van der Waals surface area contributed by atoms with Crippen LogP contribution in [0, 0.1) is 11.8 Å². The predicted molar refractivity (Wildman–Crippen MR) is 107 cm³/mol. The van der Waals surface area contributed by atoms with Crippen molar-refractivity contribution in [1.82, 2.24) is 20.4 Å². The fourth-order valence-corrected chi connectivity index (χ4v) is 2.88. The third-order valence-corrected chi connectivity index (χ3v) is 4.56. The maximum atomic E-state index is 12.1. The minimum absolute atomic E-state index is 0.105. The Balaban J connectivity index is 1.62. The van der Waals surface area contributed by atoms with Crippen LogP contribution >= 0.6 is 0 Å². The van der Waals surface area contributed by atoms with Gasteiger partial charge in [0, 0.05) is 62.6 Å². The molecule has 4 N–H and O–H groups in total. The van der Waals surface area contributed by atoms with Crippen molar-refractivity contribution in [2.24, 2.45) is 5.73 Å². The molecule has 0 spiro atoms. The minimum Gasteiger partial charge on any atom is -0.339 e. The van der Waals surface area contributed by atoms with Gasteiger partial charge in [0.25, 0.3) is 0 Å². The van der Waals surface area contributed by atoms with E-state index in [1.807, 2.05) is 4.90 Å². The van der Waals surface area contributed by atoms with Gasteiger partial charge in [-0.25, -0.2) is 0 Å². The number of nitrogens with two attached hydrogens (primary N) is 1. The number of nitrogens with zero attached hydrogens (tertiary/aromatic N) is 2. The first-order valence-corrected chi connectivity index (χ1v) is 9.33. The second-order valence-electron chi connectivity index (χ2n) is 6.38. The molecule has 8 heteroatoms. The molecule has 0 bridgehead atoms. The van der Waals surface area contributed by atoms with Crippen molar-refractivity contribution in [3.63, 3.8) is 0 Å². The van der Waals surface area contributed by atoms with Crippen molar-refractivity contribution < 1.29 is 14.4 Å².